The van der Waals surface area contributed by atoms with Crippen LogP contribution >= 0.6 is 11.6 Å². The van der Waals surface area contributed by atoms with Crippen LogP contribution in [0.25, 0.3) is 22.3 Å². The van der Waals surface area contributed by atoms with Crippen LogP contribution in [0.4, 0.5) is 10.7 Å². The van der Waals surface area contributed by atoms with Gasteiger partial charge in [-0.1, -0.05) is 45.2 Å². The molecule has 3 atom stereocenters. The lowest BCUT2D eigenvalue weighted by Gasteiger charge is -2.31. The summed E-state index contributed by atoms with van der Waals surface area (Å²) in [4.78, 5) is 33.6. The summed E-state index contributed by atoms with van der Waals surface area (Å²) in [5, 5.41) is 14.0. The van der Waals surface area contributed by atoms with Crippen molar-refractivity contribution in [1.82, 2.24) is 30.3 Å². The minimum absolute atomic E-state index is 0.176. The van der Waals surface area contributed by atoms with Crippen LogP contribution in [-0.2, 0) is 11.4 Å². The number of pyridine rings is 2. The lowest BCUT2D eigenvalue weighted by Crippen LogP contribution is -2.36. The summed E-state index contributed by atoms with van der Waals surface area (Å²) >= 11 is 6.38. The SMILES string of the molecule is CC1CCC(Cn2c(N3C[C@H](O)CC3C(C)C)nc3cc(C4NOC(=O)N4)nc(-c4cncc(Cl)c4)c32)CC1. The molecular formula is C28H36ClN7O3. The smallest absolute Gasteiger partial charge is 0.391 e. The Morgan fingerprint density at radius 3 is 2.67 bits per heavy atom. The summed E-state index contributed by atoms with van der Waals surface area (Å²) in [6.45, 7) is 8.09. The zero-order chi connectivity index (χ0) is 27.3. The summed E-state index contributed by atoms with van der Waals surface area (Å²) < 4.78 is 2.31. The zero-order valence-corrected chi connectivity index (χ0v) is 23.4. The normalized spacial score (nSPS) is 27.4. The third-order valence-corrected chi connectivity index (χ3v) is 8.66. The molecule has 3 N–H and O–H groups in total. The molecule has 1 saturated carbocycles. The molecule has 3 fully saturated rings. The van der Waals surface area contributed by atoms with Crippen molar-refractivity contribution in [2.45, 2.75) is 77.7 Å². The number of carbonyl (C=O) groups excluding carboxylic acids is 1. The average molecular weight is 554 g/mol. The van der Waals surface area contributed by atoms with Crippen LogP contribution in [-0.4, -0.2) is 49.4 Å². The molecule has 0 radical (unpaired) electrons. The van der Waals surface area contributed by atoms with Gasteiger partial charge in [0.05, 0.1) is 33.5 Å². The van der Waals surface area contributed by atoms with Gasteiger partial charge < -0.3 is 19.4 Å². The molecule has 3 aromatic heterocycles. The first-order chi connectivity index (χ1) is 18.8. The molecule has 0 aromatic carbocycles. The highest BCUT2D eigenvalue weighted by molar-refractivity contribution is 6.30. The number of carbonyl (C=O) groups is 1. The number of nitrogens with one attached hydrogen (secondary N) is 2. The van der Waals surface area contributed by atoms with Crippen LogP contribution in [0.3, 0.4) is 0 Å². The molecule has 1 amide bonds. The maximum absolute atomic E-state index is 11.8. The van der Waals surface area contributed by atoms with Crippen molar-refractivity contribution in [3.63, 3.8) is 0 Å². The number of aromatic nitrogens is 4. The summed E-state index contributed by atoms with van der Waals surface area (Å²) in [6, 6.07) is 3.94. The van der Waals surface area contributed by atoms with E-state index in [0.29, 0.717) is 41.2 Å². The molecule has 0 spiro atoms. The lowest BCUT2D eigenvalue weighted by atomic mass is 9.83. The van der Waals surface area contributed by atoms with E-state index in [0.717, 1.165) is 35.0 Å². The maximum Gasteiger partial charge on any atom is 0.427 e. The van der Waals surface area contributed by atoms with E-state index in [2.05, 4.69) is 46.0 Å². The van der Waals surface area contributed by atoms with Crippen LogP contribution in [0.5, 0.6) is 0 Å². The average Bonchev–Trinajstić information content (AvgIpc) is 3.61. The number of fused-ring (bicyclic) bond motifs is 1. The Morgan fingerprint density at radius 1 is 1.18 bits per heavy atom. The van der Waals surface area contributed by atoms with Crippen molar-refractivity contribution in [2.24, 2.45) is 17.8 Å². The van der Waals surface area contributed by atoms with E-state index >= 15 is 0 Å². The molecule has 2 aliphatic heterocycles. The Bertz CT molecular complexity index is 1370. The Labute approximate surface area is 233 Å². The van der Waals surface area contributed by atoms with E-state index in [1.807, 2.05) is 12.1 Å². The summed E-state index contributed by atoms with van der Waals surface area (Å²) in [6.07, 6.45) is 7.29. The zero-order valence-electron chi connectivity index (χ0n) is 22.6. The number of anilines is 1. The number of aliphatic hydroxyl groups excluding tert-OH is 1. The minimum Gasteiger partial charge on any atom is -0.391 e. The Kier molecular flexibility index (Phi) is 7.11. The topological polar surface area (TPSA) is 117 Å². The third kappa shape index (κ3) is 5.17. The van der Waals surface area contributed by atoms with Crippen LogP contribution in [0, 0.1) is 17.8 Å². The van der Waals surface area contributed by atoms with Gasteiger partial charge in [-0.3, -0.25) is 10.3 Å². The quantitative estimate of drug-likeness (QED) is 0.398. The largest absolute Gasteiger partial charge is 0.427 e. The minimum atomic E-state index is -0.613. The van der Waals surface area contributed by atoms with Gasteiger partial charge in [0.15, 0.2) is 6.17 Å². The number of hydrogen-bond acceptors (Lipinski definition) is 8. The first-order valence-electron chi connectivity index (χ1n) is 14.0. The number of halogens is 1. The molecule has 3 aliphatic rings. The molecular weight excluding hydrogens is 518 g/mol. The highest BCUT2D eigenvalue weighted by Crippen LogP contribution is 2.39. The van der Waals surface area contributed by atoms with Crippen LogP contribution in [0.15, 0.2) is 24.5 Å². The molecule has 2 saturated heterocycles. The molecule has 2 unspecified atom stereocenters. The standard InChI is InChI=1S/C28H36ClN7O3/c1-15(2)23-9-20(37)14-35(23)27-32-21-10-22(26-33-28(38)39-34-26)31-24(18-8-19(29)12-30-11-18)25(21)36(27)13-17-6-4-16(3)5-7-17/h8,10-12,15-17,20,23,26,34,37H,4-7,9,13-14H2,1-3H3,(H,33,38)/t16?,17?,20-,23?,26?/m1/s1. The van der Waals surface area contributed by atoms with Crippen molar-refractivity contribution >= 4 is 34.7 Å². The number of hydrogen-bond donors (Lipinski definition) is 3. The van der Waals surface area contributed by atoms with E-state index in [9.17, 15) is 9.90 Å². The fraction of sp³-hybridized carbons (Fsp3) is 0.571. The summed E-state index contributed by atoms with van der Waals surface area (Å²) in [7, 11) is 0. The Morgan fingerprint density at radius 2 is 1.97 bits per heavy atom. The lowest BCUT2D eigenvalue weighted by molar-refractivity contribution is 0.121. The molecule has 11 heteroatoms. The summed E-state index contributed by atoms with van der Waals surface area (Å²) in [5.41, 5.74) is 6.43. The molecule has 0 bridgehead atoms. The molecule has 5 heterocycles. The van der Waals surface area contributed by atoms with Gasteiger partial charge in [-0.2, -0.15) is 0 Å². The Balaban J connectivity index is 1.55. The van der Waals surface area contributed by atoms with E-state index in [1.54, 1.807) is 12.4 Å². The highest BCUT2D eigenvalue weighted by atomic mass is 35.5. The molecule has 208 valence electrons. The van der Waals surface area contributed by atoms with Crippen molar-refractivity contribution < 1.29 is 14.7 Å². The fourth-order valence-electron chi connectivity index (χ4n) is 6.34. The highest BCUT2D eigenvalue weighted by Gasteiger charge is 2.37. The van der Waals surface area contributed by atoms with Gasteiger partial charge in [0, 0.05) is 37.1 Å². The van der Waals surface area contributed by atoms with Crippen LogP contribution in [0.2, 0.25) is 5.02 Å². The van der Waals surface area contributed by atoms with Gasteiger partial charge in [0.25, 0.3) is 0 Å². The monoisotopic (exact) mass is 553 g/mol. The predicted molar refractivity (Wildman–Crippen MR) is 149 cm³/mol. The van der Waals surface area contributed by atoms with E-state index in [-0.39, 0.29) is 6.04 Å². The van der Waals surface area contributed by atoms with Crippen LogP contribution < -0.4 is 15.7 Å². The maximum atomic E-state index is 11.8. The van der Waals surface area contributed by atoms with Gasteiger partial charge in [0.1, 0.15) is 0 Å². The number of aliphatic hydroxyl groups is 1. The third-order valence-electron chi connectivity index (χ3n) is 8.45. The van der Waals surface area contributed by atoms with E-state index in [4.69, 9.17) is 26.4 Å². The number of hydroxylamine groups is 1. The molecule has 6 rings (SSSR count). The fourth-order valence-corrected chi connectivity index (χ4v) is 6.52. The van der Waals surface area contributed by atoms with Crippen molar-refractivity contribution in [3.8, 4) is 11.3 Å². The van der Waals surface area contributed by atoms with Crippen molar-refractivity contribution in [2.75, 3.05) is 11.4 Å². The molecule has 10 nitrogen and oxygen atoms in total. The number of amides is 1. The molecule has 3 aromatic rings. The number of β-amino-alcohol motifs (C(OH)–C–C–N with tert-alkyl or cyclic N) is 1. The first-order valence-corrected chi connectivity index (χ1v) is 14.3. The number of imidazole rings is 1. The second-order valence-electron chi connectivity index (χ2n) is 11.7. The first kappa shape index (κ1) is 26.3. The van der Waals surface area contributed by atoms with Gasteiger partial charge in [-0.15, -0.1) is 5.48 Å². The van der Waals surface area contributed by atoms with Crippen LogP contribution in [0.1, 0.15) is 64.7 Å². The summed E-state index contributed by atoms with van der Waals surface area (Å²) in [5.74, 6) is 2.49. The second-order valence-corrected chi connectivity index (χ2v) is 12.2. The predicted octanol–water partition coefficient (Wildman–Crippen LogP) is 4.81. The number of nitrogens with zero attached hydrogens (tertiary/aromatic N) is 5. The van der Waals surface area contributed by atoms with Gasteiger partial charge >= 0.3 is 6.09 Å². The molecule has 1 aliphatic carbocycles. The molecule has 39 heavy (non-hydrogen) atoms. The number of rotatable bonds is 6. The van der Waals surface area contributed by atoms with Gasteiger partial charge in [-0.05, 0) is 49.1 Å². The Hall–Kier alpha value is -2.95. The van der Waals surface area contributed by atoms with Gasteiger partial charge in [-0.25, -0.2) is 14.8 Å². The van der Waals surface area contributed by atoms with E-state index < -0.39 is 18.4 Å². The van der Waals surface area contributed by atoms with Gasteiger partial charge in [0.2, 0.25) is 5.95 Å². The second kappa shape index (κ2) is 10.6. The van der Waals surface area contributed by atoms with Crippen molar-refractivity contribution in [1.29, 1.82) is 0 Å². The van der Waals surface area contributed by atoms with E-state index in [1.165, 1.54) is 25.7 Å². The van der Waals surface area contributed by atoms with Crippen molar-refractivity contribution in [3.05, 3.63) is 35.2 Å².